The highest BCUT2D eigenvalue weighted by Gasteiger charge is 2.52. The van der Waals surface area contributed by atoms with Crippen LogP contribution in [0, 0.1) is 29.6 Å². The minimum Gasteiger partial charge on any atom is -0.425 e. The summed E-state index contributed by atoms with van der Waals surface area (Å²) in [4.78, 5) is 41.8. The average Bonchev–Trinajstić information content (AvgIpc) is 3.07. The van der Waals surface area contributed by atoms with Crippen molar-refractivity contribution < 1.29 is 29.0 Å². The largest absolute Gasteiger partial charge is 0.425 e. The first-order valence-electron chi connectivity index (χ1n) is 12.4. The standard InChI is InChI=1S/C24H45N5O6/c1-8-14(9-2)19(28-13(7)30)17-16(29-24(26)27)10-15(20(17)31)21(32)34-23(12(5)6)35-22(33)18(25)11(3)4/h11-12,14-20,23,31H,8-10,25H2,1-7H3,(H,28,30)(H4,26,27,29)/t15-,16+,17+,18+,19-,20+,23?/m0/s1. The van der Waals surface area contributed by atoms with Gasteiger partial charge in [-0.05, 0) is 18.3 Å². The number of hydrogen-bond acceptors (Lipinski definition) is 8. The summed E-state index contributed by atoms with van der Waals surface area (Å²) in [5, 5.41) is 14.2. The highest BCUT2D eigenvalue weighted by Crippen LogP contribution is 2.40. The molecule has 1 aliphatic rings. The van der Waals surface area contributed by atoms with E-state index in [1.807, 2.05) is 13.8 Å². The molecule has 11 nitrogen and oxygen atoms in total. The van der Waals surface area contributed by atoms with E-state index in [9.17, 15) is 19.5 Å². The lowest BCUT2D eigenvalue weighted by Gasteiger charge is -2.35. The molecule has 0 aromatic carbocycles. The molecule has 1 unspecified atom stereocenters. The second kappa shape index (κ2) is 13.6. The summed E-state index contributed by atoms with van der Waals surface area (Å²) in [7, 11) is 0. The number of nitrogens with one attached hydrogen (secondary N) is 1. The van der Waals surface area contributed by atoms with Gasteiger partial charge in [0.1, 0.15) is 6.04 Å². The number of amides is 1. The van der Waals surface area contributed by atoms with Crippen molar-refractivity contribution in [1.29, 1.82) is 0 Å². The molecular formula is C24H45N5O6. The Hall–Kier alpha value is -2.40. The van der Waals surface area contributed by atoms with Crippen LogP contribution >= 0.6 is 0 Å². The van der Waals surface area contributed by atoms with Gasteiger partial charge in [0, 0.05) is 24.8 Å². The van der Waals surface area contributed by atoms with E-state index in [1.165, 1.54) is 6.92 Å². The molecule has 8 N–H and O–H groups in total. The zero-order chi connectivity index (χ0) is 27.0. The van der Waals surface area contributed by atoms with Gasteiger partial charge in [-0.2, -0.15) is 0 Å². The fraction of sp³-hybridized carbons (Fsp3) is 0.833. The minimum atomic E-state index is -1.19. The minimum absolute atomic E-state index is 0.0342. The molecular weight excluding hydrogens is 454 g/mol. The van der Waals surface area contributed by atoms with Gasteiger partial charge >= 0.3 is 11.9 Å². The zero-order valence-corrected chi connectivity index (χ0v) is 22.1. The smallest absolute Gasteiger partial charge is 0.326 e. The number of nitrogens with zero attached hydrogens (tertiary/aromatic N) is 1. The molecule has 0 radical (unpaired) electrons. The predicted molar refractivity (Wildman–Crippen MR) is 133 cm³/mol. The SMILES string of the molecule is CCC(CC)[C@H](NC(C)=O)[C@@H]1[C@H](O)[C@@H](C(=O)OC(OC(=O)[C@H](N)C(C)C)C(C)C)C[C@H]1N=C(N)N. The molecule has 0 heterocycles. The first-order chi connectivity index (χ1) is 16.2. The molecule has 1 rings (SSSR count). The Morgan fingerprint density at radius 2 is 1.63 bits per heavy atom. The van der Waals surface area contributed by atoms with Gasteiger partial charge in [-0.3, -0.25) is 14.4 Å². The van der Waals surface area contributed by atoms with Gasteiger partial charge in [-0.25, -0.2) is 4.99 Å². The summed E-state index contributed by atoms with van der Waals surface area (Å²) in [6.07, 6.45) is -0.749. The van der Waals surface area contributed by atoms with Gasteiger partial charge < -0.3 is 37.1 Å². The zero-order valence-electron chi connectivity index (χ0n) is 22.1. The Kier molecular flexibility index (Phi) is 11.9. The molecule has 35 heavy (non-hydrogen) atoms. The van der Waals surface area contributed by atoms with E-state index in [0.29, 0.717) is 0 Å². The Balaban J connectivity index is 3.21. The molecule has 11 heteroatoms. The number of ether oxygens (including phenoxy) is 2. The predicted octanol–water partition coefficient (Wildman–Crippen LogP) is 0.618. The molecule has 0 spiro atoms. The average molecular weight is 500 g/mol. The number of guanidine groups is 1. The van der Waals surface area contributed by atoms with E-state index < -0.39 is 54.3 Å². The normalized spacial score (nSPS) is 24.7. The van der Waals surface area contributed by atoms with Crippen LogP contribution in [0.4, 0.5) is 0 Å². The van der Waals surface area contributed by atoms with Crippen LogP contribution in [-0.2, 0) is 23.9 Å². The number of esters is 2. The van der Waals surface area contributed by atoms with Crippen LogP contribution in [0.15, 0.2) is 4.99 Å². The molecule has 1 amide bonds. The lowest BCUT2D eigenvalue weighted by Crippen LogP contribution is -2.51. The molecule has 1 saturated carbocycles. The fourth-order valence-electron chi connectivity index (χ4n) is 4.59. The number of aliphatic hydroxyl groups excluding tert-OH is 1. The van der Waals surface area contributed by atoms with Crippen molar-refractivity contribution >= 4 is 23.8 Å². The van der Waals surface area contributed by atoms with E-state index >= 15 is 0 Å². The summed E-state index contributed by atoms with van der Waals surface area (Å²) in [5.74, 6) is -3.88. The molecule has 0 aliphatic heterocycles. The van der Waals surface area contributed by atoms with Gasteiger partial charge in [0.2, 0.25) is 12.2 Å². The third kappa shape index (κ3) is 8.34. The topological polar surface area (TPSA) is 192 Å². The van der Waals surface area contributed by atoms with Gasteiger partial charge in [0.25, 0.3) is 0 Å². The maximum atomic E-state index is 13.2. The van der Waals surface area contributed by atoms with Crippen LogP contribution in [-0.4, -0.2) is 59.4 Å². The van der Waals surface area contributed by atoms with Gasteiger partial charge in [-0.15, -0.1) is 0 Å². The summed E-state index contributed by atoms with van der Waals surface area (Å²) in [5.41, 5.74) is 17.2. The number of hydrogen-bond donors (Lipinski definition) is 5. The summed E-state index contributed by atoms with van der Waals surface area (Å²) in [6.45, 7) is 12.4. The third-order valence-electron chi connectivity index (χ3n) is 6.70. The molecule has 0 aromatic heterocycles. The summed E-state index contributed by atoms with van der Waals surface area (Å²) < 4.78 is 10.9. The van der Waals surface area contributed by atoms with Crippen molar-refractivity contribution in [3.8, 4) is 0 Å². The molecule has 1 fully saturated rings. The third-order valence-corrected chi connectivity index (χ3v) is 6.70. The Bertz CT molecular complexity index is 751. The lowest BCUT2D eigenvalue weighted by molar-refractivity contribution is -0.201. The number of carbonyl (C=O) groups is 3. The highest BCUT2D eigenvalue weighted by atomic mass is 16.7. The van der Waals surface area contributed by atoms with Crippen LogP contribution in [0.2, 0.25) is 0 Å². The molecule has 0 saturated heterocycles. The molecule has 0 bridgehead atoms. The van der Waals surface area contributed by atoms with E-state index in [4.69, 9.17) is 26.7 Å². The van der Waals surface area contributed by atoms with Crippen molar-refractivity contribution in [2.45, 2.75) is 98.2 Å². The second-order valence-electron chi connectivity index (χ2n) is 10.1. The second-order valence-corrected chi connectivity index (χ2v) is 10.1. The maximum Gasteiger partial charge on any atom is 0.326 e. The first kappa shape index (κ1) is 30.6. The maximum absolute atomic E-state index is 13.2. The van der Waals surface area contributed by atoms with Crippen LogP contribution in [0.3, 0.4) is 0 Å². The molecule has 7 atom stereocenters. The highest BCUT2D eigenvalue weighted by molar-refractivity contribution is 5.78. The van der Waals surface area contributed by atoms with E-state index in [-0.39, 0.29) is 36.0 Å². The fourth-order valence-corrected chi connectivity index (χ4v) is 4.59. The summed E-state index contributed by atoms with van der Waals surface area (Å²) >= 11 is 0. The molecule has 0 aromatic rings. The Labute approximate surface area is 208 Å². The number of nitrogens with two attached hydrogens (primary N) is 3. The Morgan fingerprint density at radius 1 is 1.06 bits per heavy atom. The molecule has 1 aliphatic carbocycles. The lowest BCUT2D eigenvalue weighted by atomic mass is 9.80. The monoisotopic (exact) mass is 499 g/mol. The first-order valence-corrected chi connectivity index (χ1v) is 12.4. The van der Waals surface area contributed by atoms with Crippen molar-refractivity contribution in [3.05, 3.63) is 0 Å². The van der Waals surface area contributed by atoms with Gasteiger partial charge in [-0.1, -0.05) is 54.4 Å². The van der Waals surface area contributed by atoms with Crippen molar-refractivity contribution in [2.75, 3.05) is 0 Å². The van der Waals surface area contributed by atoms with Crippen LogP contribution in [0.1, 0.15) is 67.7 Å². The van der Waals surface area contributed by atoms with Crippen LogP contribution < -0.4 is 22.5 Å². The Morgan fingerprint density at radius 3 is 2.06 bits per heavy atom. The van der Waals surface area contributed by atoms with Gasteiger partial charge in [0.15, 0.2) is 5.96 Å². The van der Waals surface area contributed by atoms with Crippen molar-refractivity contribution in [1.82, 2.24) is 5.32 Å². The van der Waals surface area contributed by atoms with E-state index in [1.54, 1.807) is 27.7 Å². The quantitative estimate of drug-likeness (QED) is 0.111. The molecule has 202 valence electrons. The van der Waals surface area contributed by atoms with E-state index in [2.05, 4.69) is 10.3 Å². The van der Waals surface area contributed by atoms with Crippen molar-refractivity contribution in [2.24, 2.45) is 51.8 Å². The van der Waals surface area contributed by atoms with Gasteiger partial charge in [0.05, 0.1) is 18.1 Å². The number of rotatable bonds is 12. The number of carbonyl (C=O) groups excluding carboxylic acids is 3. The number of aliphatic imine (C=N–C) groups is 1. The van der Waals surface area contributed by atoms with Crippen molar-refractivity contribution in [3.63, 3.8) is 0 Å². The van der Waals surface area contributed by atoms with Crippen LogP contribution in [0.5, 0.6) is 0 Å². The van der Waals surface area contributed by atoms with E-state index in [0.717, 1.165) is 12.8 Å². The summed E-state index contributed by atoms with van der Waals surface area (Å²) in [6, 6.07) is -1.92. The number of aliphatic hydroxyl groups is 1. The van der Waals surface area contributed by atoms with Crippen LogP contribution in [0.25, 0.3) is 0 Å².